The standard InChI is InChI=1S/C19H16ClFN2O/c1-12(2)17-15(4-3-11-24)18(13-5-7-14(21)8-6-13)22-23-10-9-16(20)19(17)23/h3-12H,1-2H3. The average Bonchev–Trinajstić information content (AvgIpc) is 2.93. The first-order valence-electron chi connectivity index (χ1n) is 7.61. The highest BCUT2D eigenvalue weighted by molar-refractivity contribution is 6.34. The molecule has 0 saturated carbocycles. The second kappa shape index (κ2) is 6.57. The van der Waals surface area contributed by atoms with Gasteiger partial charge in [-0.15, -0.1) is 0 Å². The molecule has 3 aromatic rings. The molecule has 0 unspecified atom stereocenters. The van der Waals surface area contributed by atoms with Crippen LogP contribution in [0.3, 0.4) is 0 Å². The summed E-state index contributed by atoms with van der Waals surface area (Å²) in [7, 11) is 0. The van der Waals surface area contributed by atoms with E-state index in [0.717, 1.165) is 28.5 Å². The summed E-state index contributed by atoms with van der Waals surface area (Å²) in [5.74, 6) is -0.147. The van der Waals surface area contributed by atoms with Gasteiger partial charge in [-0.25, -0.2) is 8.91 Å². The number of carbonyl (C=O) groups excluding carboxylic acids is 1. The topological polar surface area (TPSA) is 34.4 Å². The molecule has 122 valence electrons. The van der Waals surface area contributed by atoms with Gasteiger partial charge in [0.1, 0.15) is 12.1 Å². The van der Waals surface area contributed by atoms with Crippen molar-refractivity contribution in [1.29, 1.82) is 0 Å². The molecule has 0 N–H and O–H groups in total. The Labute approximate surface area is 144 Å². The molecule has 0 aliphatic rings. The minimum atomic E-state index is -0.307. The Balaban J connectivity index is 2.41. The molecule has 3 rings (SSSR count). The van der Waals surface area contributed by atoms with Crippen molar-refractivity contribution in [3.05, 3.63) is 64.6 Å². The molecule has 0 saturated heterocycles. The van der Waals surface area contributed by atoms with Crippen molar-refractivity contribution in [2.75, 3.05) is 0 Å². The number of benzene rings is 1. The molecule has 0 spiro atoms. The van der Waals surface area contributed by atoms with E-state index < -0.39 is 0 Å². The molecule has 0 aliphatic carbocycles. The number of rotatable bonds is 4. The lowest BCUT2D eigenvalue weighted by atomic mass is 9.93. The summed E-state index contributed by atoms with van der Waals surface area (Å²) in [5, 5.41) is 5.24. The van der Waals surface area contributed by atoms with Gasteiger partial charge in [0.25, 0.3) is 0 Å². The summed E-state index contributed by atoms with van der Waals surface area (Å²) in [6, 6.07) is 7.93. The highest BCUT2D eigenvalue weighted by atomic mass is 35.5. The van der Waals surface area contributed by atoms with Crippen LogP contribution in [0.5, 0.6) is 0 Å². The van der Waals surface area contributed by atoms with Crippen LogP contribution in [0.2, 0.25) is 5.02 Å². The molecular formula is C19H16ClFN2O. The molecule has 0 radical (unpaired) electrons. The Hall–Kier alpha value is -2.46. The Morgan fingerprint density at radius 1 is 1.21 bits per heavy atom. The fraction of sp³-hybridized carbons (Fsp3) is 0.158. The van der Waals surface area contributed by atoms with Crippen molar-refractivity contribution in [2.45, 2.75) is 19.8 Å². The first-order chi connectivity index (χ1) is 11.5. The first kappa shape index (κ1) is 16.4. The normalized spacial score (nSPS) is 11.7. The van der Waals surface area contributed by atoms with E-state index in [0.29, 0.717) is 10.7 Å². The van der Waals surface area contributed by atoms with Gasteiger partial charge in [-0.05, 0) is 54.0 Å². The lowest BCUT2D eigenvalue weighted by molar-refractivity contribution is -0.104. The van der Waals surface area contributed by atoms with Gasteiger partial charge in [0, 0.05) is 17.3 Å². The number of carbonyl (C=O) groups is 1. The maximum Gasteiger partial charge on any atom is 0.142 e. The van der Waals surface area contributed by atoms with Crippen LogP contribution in [0.1, 0.15) is 30.9 Å². The van der Waals surface area contributed by atoms with E-state index in [4.69, 9.17) is 11.6 Å². The summed E-state index contributed by atoms with van der Waals surface area (Å²) in [4.78, 5) is 10.8. The Kier molecular flexibility index (Phi) is 4.49. The molecule has 5 heteroatoms. The van der Waals surface area contributed by atoms with Crippen LogP contribution in [0.25, 0.3) is 22.9 Å². The van der Waals surface area contributed by atoms with Crippen LogP contribution in [0.4, 0.5) is 4.39 Å². The predicted molar refractivity (Wildman–Crippen MR) is 94.8 cm³/mol. The second-order valence-corrected chi connectivity index (χ2v) is 6.20. The zero-order valence-electron chi connectivity index (χ0n) is 13.3. The number of nitrogens with zero attached hydrogens (tertiary/aromatic N) is 2. The molecule has 24 heavy (non-hydrogen) atoms. The van der Waals surface area contributed by atoms with Crippen LogP contribution in [-0.4, -0.2) is 15.9 Å². The number of hydrogen-bond donors (Lipinski definition) is 0. The third-order valence-electron chi connectivity index (χ3n) is 3.86. The fourth-order valence-corrected chi connectivity index (χ4v) is 3.11. The zero-order chi connectivity index (χ0) is 17.3. The summed E-state index contributed by atoms with van der Waals surface area (Å²) in [6.45, 7) is 4.12. The minimum Gasteiger partial charge on any atom is -0.299 e. The van der Waals surface area contributed by atoms with Crippen molar-refractivity contribution in [3.8, 4) is 11.3 Å². The van der Waals surface area contributed by atoms with Gasteiger partial charge in [0.15, 0.2) is 0 Å². The van der Waals surface area contributed by atoms with Gasteiger partial charge in [-0.2, -0.15) is 5.10 Å². The van der Waals surface area contributed by atoms with Crippen LogP contribution in [0, 0.1) is 5.82 Å². The lowest BCUT2D eigenvalue weighted by Gasteiger charge is -2.17. The lowest BCUT2D eigenvalue weighted by Crippen LogP contribution is -2.05. The highest BCUT2D eigenvalue weighted by Crippen LogP contribution is 2.35. The molecule has 1 aromatic carbocycles. The van der Waals surface area contributed by atoms with E-state index >= 15 is 0 Å². The summed E-state index contributed by atoms with van der Waals surface area (Å²) >= 11 is 6.34. The minimum absolute atomic E-state index is 0.161. The summed E-state index contributed by atoms with van der Waals surface area (Å²) in [5.41, 5.74) is 4.09. The average molecular weight is 343 g/mol. The van der Waals surface area contributed by atoms with Gasteiger partial charge in [-0.1, -0.05) is 25.4 Å². The van der Waals surface area contributed by atoms with E-state index in [2.05, 4.69) is 18.9 Å². The van der Waals surface area contributed by atoms with Crippen molar-refractivity contribution in [2.24, 2.45) is 0 Å². The van der Waals surface area contributed by atoms with E-state index in [1.54, 1.807) is 35.0 Å². The Morgan fingerprint density at radius 2 is 1.92 bits per heavy atom. The molecule has 0 aliphatic heterocycles. The Morgan fingerprint density at radius 3 is 2.54 bits per heavy atom. The fourth-order valence-electron chi connectivity index (χ4n) is 2.86. The smallest absolute Gasteiger partial charge is 0.142 e. The van der Waals surface area contributed by atoms with Gasteiger partial charge < -0.3 is 0 Å². The van der Waals surface area contributed by atoms with E-state index in [1.165, 1.54) is 18.2 Å². The van der Waals surface area contributed by atoms with E-state index in [-0.39, 0.29) is 11.7 Å². The number of allylic oxidation sites excluding steroid dienone is 1. The number of halogens is 2. The van der Waals surface area contributed by atoms with Gasteiger partial charge in [-0.3, -0.25) is 4.79 Å². The molecule has 0 amide bonds. The molecular weight excluding hydrogens is 327 g/mol. The van der Waals surface area contributed by atoms with Crippen LogP contribution in [0.15, 0.2) is 42.6 Å². The van der Waals surface area contributed by atoms with Crippen molar-refractivity contribution < 1.29 is 9.18 Å². The molecule has 2 heterocycles. The monoisotopic (exact) mass is 342 g/mol. The molecule has 0 fully saturated rings. The molecule has 0 atom stereocenters. The van der Waals surface area contributed by atoms with Gasteiger partial charge >= 0.3 is 0 Å². The number of fused-ring (bicyclic) bond motifs is 1. The zero-order valence-corrected chi connectivity index (χ0v) is 14.1. The Bertz CT molecular complexity index is 927. The van der Waals surface area contributed by atoms with Crippen molar-refractivity contribution in [3.63, 3.8) is 0 Å². The number of hydrogen-bond acceptors (Lipinski definition) is 2. The third-order valence-corrected chi connectivity index (χ3v) is 4.17. The van der Waals surface area contributed by atoms with E-state index in [9.17, 15) is 9.18 Å². The third kappa shape index (κ3) is 2.85. The highest BCUT2D eigenvalue weighted by Gasteiger charge is 2.19. The molecule has 2 aromatic heterocycles. The second-order valence-electron chi connectivity index (χ2n) is 5.79. The molecule has 3 nitrogen and oxygen atoms in total. The van der Waals surface area contributed by atoms with E-state index in [1.807, 2.05) is 0 Å². The predicted octanol–water partition coefficient (Wildman–Crippen LogP) is 5.13. The quantitative estimate of drug-likeness (QED) is 0.486. The van der Waals surface area contributed by atoms with Gasteiger partial charge in [0.2, 0.25) is 0 Å². The van der Waals surface area contributed by atoms with Crippen LogP contribution < -0.4 is 0 Å². The van der Waals surface area contributed by atoms with Crippen molar-refractivity contribution >= 4 is 29.5 Å². The summed E-state index contributed by atoms with van der Waals surface area (Å²) in [6.07, 6.45) is 5.69. The number of aldehydes is 1. The van der Waals surface area contributed by atoms with Crippen molar-refractivity contribution in [1.82, 2.24) is 9.61 Å². The van der Waals surface area contributed by atoms with Crippen LogP contribution >= 0.6 is 11.6 Å². The number of aromatic nitrogens is 2. The first-order valence-corrected chi connectivity index (χ1v) is 7.99. The maximum atomic E-state index is 13.3. The largest absolute Gasteiger partial charge is 0.299 e. The van der Waals surface area contributed by atoms with Gasteiger partial charge in [0.05, 0.1) is 16.2 Å². The molecule has 0 bridgehead atoms. The summed E-state index contributed by atoms with van der Waals surface area (Å²) < 4.78 is 15.0. The van der Waals surface area contributed by atoms with Crippen LogP contribution in [-0.2, 0) is 4.79 Å². The SMILES string of the molecule is CC(C)c1c(C=CC=O)c(-c2ccc(F)cc2)nn2ccc(Cl)c12. The maximum absolute atomic E-state index is 13.3.